The number of carbonyl (C=O) groups is 1. The first-order valence-electron chi connectivity index (χ1n) is 5.68. The van der Waals surface area contributed by atoms with Crippen molar-refractivity contribution in [2.45, 2.75) is 12.3 Å². The largest absolute Gasteiger partial charge is 0.478 e. The summed E-state index contributed by atoms with van der Waals surface area (Å²) in [5.41, 5.74) is -0.491. The first-order valence-corrected chi connectivity index (χ1v) is 6.76. The van der Waals surface area contributed by atoms with E-state index in [4.69, 9.17) is 5.11 Å². The highest BCUT2D eigenvalue weighted by atomic mass is 127. The maximum Gasteiger partial charge on any atom is 0.335 e. The summed E-state index contributed by atoms with van der Waals surface area (Å²) in [6, 6.07) is 5.62. The van der Waals surface area contributed by atoms with Gasteiger partial charge >= 0.3 is 11.9 Å². The van der Waals surface area contributed by atoms with Crippen LogP contribution in [0, 0.1) is 3.57 Å². The SMILES string of the molecule is C=C(Cc1nc(C(F)(F)c2ccc(I)cc2)no1)C(=O)O. The Hall–Kier alpha value is -1.84. The minimum Gasteiger partial charge on any atom is -0.478 e. The number of rotatable bonds is 5. The standard InChI is InChI=1S/C13H9F2IN2O3/c1-7(11(19)20)6-10-17-12(18-21-10)13(14,15)8-2-4-9(16)5-3-8/h2-5H,1,6H2,(H,19,20). The normalized spacial score (nSPS) is 11.4. The molecular weight excluding hydrogens is 397 g/mol. The van der Waals surface area contributed by atoms with E-state index in [2.05, 4.69) is 21.2 Å². The van der Waals surface area contributed by atoms with E-state index in [9.17, 15) is 13.6 Å². The Morgan fingerprint density at radius 2 is 2.00 bits per heavy atom. The lowest BCUT2D eigenvalue weighted by atomic mass is 10.1. The highest BCUT2D eigenvalue weighted by Crippen LogP contribution is 2.34. The van der Waals surface area contributed by atoms with Gasteiger partial charge in [0.1, 0.15) is 0 Å². The molecule has 2 aromatic rings. The molecule has 1 aromatic heterocycles. The van der Waals surface area contributed by atoms with Crippen molar-refractivity contribution in [1.29, 1.82) is 0 Å². The molecular formula is C13H9F2IN2O3. The van der Waals surface area contributed by atoms with Gasteiger partial charge in [0.25, 0.3) is 0 Å². The highest BCUT2D eigenvalue weighted by Gasteiger charge is 2.39. The summed E-state index contributed by atoms with van der Waals surface area (Å²) < 4.78 is 33.9. The molecule has 0 amide bonds. The van der Waals surface area contributed by atoms with Gasteiger partial charge in [-0.15, -0.1) is 0 Å². The van der Waals surface area contributed by atoms with Gasteiger partial charge in [0.2, 0.25) is 11.7 Å². The van der Waals surface area contributed by atoms with E-state index >= 15 is 0 Å². The molecule has 0 fully saturated rings. The molecule has 21 heavy (non-hydrogen) atoms. The molecule has 0 saturated carbocycles. The molecule has 1 aromatic carbocycles. The summed E-state index contributed by atoms with van der Waals surface area (Å²) >= 11 is 2.00. The molecule has 110 valence electrons. The summed E-state index contributed by atoms with van der Waals surface area (Å²) in [7, 11) is 0. The fraction of sp³-hybridized carbons (Fsp3) is 0.154. The third kappa shape index (κ3) is 3.43. The molecule has 0 unspecified atom stereocenters. The fourth-order valence-electron chi connectivity index (χ4n) is 1.50. The van der Waals surface area contributed by atoms with Gasteiger partial charge in [0.15, 0.2) is 0 Å². The lowest BCUT2D eigenvalue weighted by molar-refractivity contribution is -0.132. The van der Waals surface area contributed by atoms with E-state index in [0.717, 1.165) is 3.57 Å². The van der Waals surface area contributed by atoms with Crippen LogP contribution < -0.4 is 0 Å². The van der Waals surface area contributed by atoms with Crippen molar-refractivity contribution in [2.24, 2.45) is 0 Å². The number of carboxylic acid groups (broad SMARTS) is 1. The summed E-state index contributed by atoms with van der Waals surface area (Å²) in [6.45, 7) is 3.27. The third-order valence-electron chi connectivity index (χ3n) is 2.62. The molecule has 0 radical (unpaired) electrons. The van der Waals surface area contributed by atoms with Crippen molar-refractivity contribution in [3.05, 3.63) is 57.3 Å². The minimum absolute atomic E-state index is 0.220. The molecule has 0 spiro atoms. The van der Waals surface area contributed by atoms with Gasteiger partial charge in [-0.2, -0.15) is 13.8 Å². The highest BCUT2D eigenvalue weighted by molar-refractivity contribution is 14.1. The zero-order valence-corrected chi connectivity index (χ0v) is 12.7. The average Bonchev–Trinajstić information content (AvgIpc) is 2.88. The predicted molar refractivity (Wildman–Crippen MR) is 76.9 cm³/mol. The van der Waals surface area contributed by atoms with Gasteiger partial charge < -0.3 is 9.63 Å². The van der Waals surface area contributed by atoms with Crippen molar-refractivity contribution in [3.8, 4) is 0 Å². The minimum atomic E-state index is -3.42. The molecule has 0 aliphatic heterocycles. The molecule has 0 aliphatic rings. The zero-order chi connectivity index (χ0) is 15.6. The summed E-state index contributed by atoms with van der Waals surface area (Å²) in [4.78, 5) is 14.2. The van der Waals surface area contributed by atoms with Crippen molar-refractivity contribution < 1.29 is 23.2 Å². The topological polar surface area (TPSA) is 76.2 Å². The Morgan fingerprint density at radius 1 is 1.38 bits per heavy atom. The van der Waals surface area contributed by atoms with E-state index < -0.39 is 17.7 Å². The molecule has 0 aliphatic carbocycles. The van der Waals surface area contributed by atoms with Crippen LogP contribution in [-0.2, 0) is 17.1 Å². The smallest absolute Gasteiger partial charge is 0.335 e. The fourth-order valence-corrected chi connectivity index (χ4v) is 1.86. The first kappa shape index (κ1) is 15.5. The van der Waals surface area contributed by atoms with Crippen LogP contribution in [0.25, 0.3) is 0 Å². The Morgan fingerprint density at radius 3 is 2.57 bits per heavy atom. The molecule has 5 nitrogen and oxygen atoms in total. The number of hydrogen-bond donors (Lipinski definition) is 1. The lowest BCUT2D eigenvalue weighted by Crippen LogP contribution is -2.17. The molecule has 8 heteroatoms. The third-order valence-corrected chi connectivity index (χ3v) is 3.34. The van der Waals surface area contributed by atoms with Gasteiger partial charge in [-0.05, 0) is 34.7 Å². The average molecular weight is 406 g/mol. The van der Waals surface area contributed by atoms with Crippen molar-refractivity contribution in [1.82, 2.24) is 10.1 Å². The first-order chi connectivity index (χ1) is 9.80. The van der Waals surface area contributed by atoms with Crippen LogP contribution in [0.3, 0.4) is 0 Å². The summed E-state index contributed by atoms with van der Waals surface area (Å²) in [5, 5.41) is 11.9. The predicted octanol–water partition coefficient (Wildman–Crippen LogP) is 3.00. The van der Waals surface area contributed by atoms with E-state index in [0.29, 0.717) is 0 Å². The second-order valence-electron chi connectivity index (χ2n) is 4.18. The van der Waals surface area contributed by atoms with Crippen molar-refractivity contribution >= 4 is 28.6 Å². The summed E-state index contributed by atoms with van der Waals surface area (Å²) in [5.74, 6) is -5.70. The van der Waals surface area contributed by atoms with Crippen molar-refractivity contribution in [2.75, 3.05) is 0 Å². The van der Waals surface area contributed by atoms with Crippen LogP contribution in [0.15, 0.2) is 40.9 Å². The van der Waals surface area contributed by atoms with Gasteiger partial charge in [-0.25, -0.2) is 4.79 Å². The van der Waals surface area contributed by atoms with Crippen LogP contribution in [0.5, 0.6) is 0 Å². The van der Waals surface area contributed by atoms with Crippen molar-refractivity contribution in [3.63, 3.8) is 0 Å². The maximum atomic E-state index is 14.2. The number of aliphatic carboxylic acids is 1. The number of benzene rings is 1. The van der Waals surface area contributed by atoms with E-state index in [1.807, 2.05) is 22.6 Å². The van der Waals surface area contributed by atoms with Crippen LogP contribution in [0.2, 0.25) is 0 Å². The van der Waals surface area contributed by atoms with Gasteiger partial charge in [-0.3, -0.25) is 0 Å². The molecule has 1 N–H and O–H groups in total. The molecule has 0 bridgehead atoms. The van der Waals surface area contributed by atoms with Gasteiger partial charge in [0.05, 0.1) is 6.42 Å². The van der Waals surface area contributed by atoms with Gasteiger partial charge in [0, 0.05) is 14.7 Å². The van der Waals surface area contributed by atoms with Gasteiger partial charge in [-0.1, -0.05) is 23.9 Å². The molecule has 1 heterocycles. The zero-order valence-electron chi connectivity index (χ0n) is 10.5. The molecule has 0 atom stereocenters. The van der Waals surface area contributed by atoms with Crippen LogP contribution in [-0.4, -0.2) is 21.2 Å². The van der Waals surface area contributed by atoms with Crippen LogP contribution >= 0.6 is 22.6 Å². The Bertz CT molecular complexity index is 683. The lowest BCUT2D eigenvalue weighted by Gasteiger charge is -2.12. The number of halogens is 3. The molecule has 0 saturated heterocycles. The van der Waals surface area contributed by atoms with E-state index in [1.165, 1.54) is 24.3 Å². The van der Waals surface area contributed by atoms with E-state index in [1.54, 1.807) is 0 Å². The number of nitrogens with zero attached hydrogens (tertiary/aromatic N) is 2. The monoisotopic (exact) mass is 406 g/mol. The number of aromatic nitrogens is 2. The molecule has 2 rings (SSSR count). The van der Waals surface area contributed by atoms with E-state index in [-0.39, 0.29) is 23.4 Å². The number of carboxylic acids is 1. The maximum absolute atomic E-state index is 14.2. The second kappa shape index (κ2) is 5.88. The Kier molecular flexibility index (Phi) is 4.35. The summed E-state index contributed by atoms with van der Waals surface area (Å²) in [6.07, 6.45) is -0.287. The Labute approximate surface area is 131 Å². The Balaban J connectivity index is 2.25. The van der Waals surface area contributed by atoms with Crippen LogP contribution in [0.1, 0.15) is 17.3 Å². The quantitative estimate of drug-likeness (QED) is 0.611. The van der Waals surface area contributed by atoms with Crippen LogP contribution in [0.4, 0.5) is 8.78 Å². The number of alkyl halides is 2. The number of hydrogen-bond acceptors (Lipinski definition) is 4. The second-order valence-corrected chi connectivity index (χ2v) is 5.42.